The fraction of sp³-hybridized carbons (Fsp3) is 0.333. The van der Waals surface area contributed by atoms with Crippen LogP contribution in [0.5, 0.6) is 0 Å². The van der Waals surface area contributed by atoms with Crippen molar-refractivity contribution in [2.24, 2.45) is 7.05 Å². The molecule has 20 heavy (non-hydrogen) atoms. The smallest absolute Gasteiger partial charge is 0.240 e. The highest BCUT2D eigenvalue weighted by atomic mass is 79.9. The molecule has 0 fully saturated rings. The van der Waals surface area contributed by atoms with Gasteiger partial charge in [-0.1, -0.05) is 28.1 Å². The van der Waals surface area contributed by atoms with E-state index in [2.05, 4.69) is 30.7 Å². The molecule has 0 aliphatic rings. The lowest BCUT2D eigenvalue weighted by Gasteiger charge is -2.06. The van der Waals surface area contributed by atoms with Crippen LogP contribution in [-0.4, -0.2) is 29.7 Å². The minimum absolute atomic E-state index is 0.260. The van der Waals surface area contributed by atoms with Crippen molar-refractivity contribution in [3.8, 4) is 0 Å². The third-order valence-electron chi connectivity index (χ3n) is 2.68. The van der Waals surface area contributed by atoms with Crippen LogP contribution < -0.4 is 4.72 Å². The molecule has 0 bridgehead atoms. The number of nitrogens with one attached hydrogen (secondary N) is 1. The zero-order valence-corrected chi connectivity index (χ0v) is 13.4. The molecule has 0 saturated heterocycles. The van der Waals surface area contributed by atoms with Gasteiger partial charge >= 0.3 is 0 Å². The highest BCUT2D eigenvalue weighted by molar-refractivity contribution is 9.08. The standard InChI is InChI=1S/C12H15BrN4O2S/c1-17-9-14-12(16-17)6-7-15-20(18,19)11-4-2-10(8-13)3-5-11/h2-5,9,15H,6-8H2,1H3. The SMILES string of the molecule is Cn1cnc(CCNS(=O)(=O)c2ccc(CBr)cc2)n1. The second-order valence-electron chi connectivity index (χ2n) is 4.26. The van der Waals surface area contributed by atoms with E-state index in [9.17, 15) is 8.42 Å². The maximum atomic E-state index is 12.1. The number of sulfonamides is 1. The molecule has 0 unspecified atom stereocenters. The summed E-state index contributed by atoms with van der Waals surface area (Å²) in [6.45, 7) is 0.270. The Morgan fingerprint density at radius 3 is 2.55 bits per heavy atom. The summed E-state index contributed by atoms with van der Waals surface area (Å²) in [4.78, 5) is 4.30. The Morgan fingerprint density at radius 2 is 2.00 bits per heavy atom. The molecule has 0 spiro atoms. The van der Waals surface area contributed by atoms with Gasteiger partial charge in [0.25, 0.3) is 0 Å². The van der Waals surface area contributed by atoms with Crippen LogP contribution in [0.15, 0.2) is 35.5 Å². The average molecular weight is 359 g/mol. The number of rotatable bonds is 6. The number of hydrogen-bond donors (Lipinski definition) is 1. The van der Waals surface area contributed by atoms with Gasteiger partial charge in [0, 0.05) is 25.3 Å². The molecule has 1 aromatic carbocycles. The number of alkyl halides is 1. The molecule has 1 aromatic heterocycles. The van der Waals surface area contributed by atoms with Gasteiger partial charge in [-0.3, -0.25) is 4.68 Å². The fourth-order valence-corrected chi connectivity index (χ4v) is 3.04. The van der Waals surface area contributed by atoms with Crippen molar-refractivity contribution in [3.63, 3.8) is 0 Å². The van der Waals surface area contributed by atoms with Gasteiger partial charge in [0.15, 0.2) is 5.82 Å². The van der Waals surface area contributed by atoms with E-state index in [-0.39, 0.29) is 11.4 Å². The minimum Gasteiger partial charge on any atom is -0.256 e. The maximum Gasteiger partial charge on any atom is 0.240 e. The summed E-state index contributed by atoms with van der Waals surface area (Å²) in [7, 11) is -1.71. The predicted molar refractivity (Wildman–Crippen MR) is 79.0 cm³/mol. The summed E-state index contributed by atoms with van der Waals surface area (Å²) in [5, 5.41) is 4.79. The Kier molecular flexibility index (Phi) is 4.90. The number of aromatic nitrogens is 3. The van der Waals surface area contributed by atoms with Crippen molar-refractivity contribution in [3.05, 3.63) is 42.0 Å². The minimum atomic E-state index is -3.48. The Labute approximate surface area is 126 Å². The van der Waals surface area contributed by atoms with Gasteiger partial charge in [0.1, 0.15) is 6.33 Å². The van der Waals surface area contributed by atoms with Gasteiger partial charge in [0.2, 0.25) is 10.0 Å². The van der Waals surface area contributed by atoms with Crippen molar-refractivity contribution >= 4 is 26.0 Å². The van der Waals surface area contributed by atoms with E-state index in [1.54, 1.807) is 42.3 Å². The Bertz CT molecular complexity index is 667. The van der Waals surface area contributed by atoms with Gasteiger partial charge in [-0.05, 0) is 17.7 Å². The molecule has 0 aliphatic carbocycles. The first kappa shape index (κ1) is 15.1. The van der Waals surface area contributed by atoms with E-state index < -0.39 is 10.0 Å². The van der Waals surface area contributed by atoms with Crippen molar-refractivity contribution in [1.82, 2.24) is 19.5 Å². The monoisotopic (exact) mass is 358 g/mol. The molecule has 8 heteroatoms. The first-order valence-corrected chi connectivity index (χ1v) is 8.61. The number of halogens is 1. The van der Waals surface area contributed by atoms with E-state index in [4.69, 9.17) is 0 Å². The highest BCUT2D eigenvalue weighted by Crippen LogP contribution is 2.12. The van der Waals surface area contributed by atoms with Crippen molar-refractivity contribution in [1.29, 1.82) is 0 Å². The molecular weight excluding hydrogens is 344 g/mol. The van der Waals surface area contributed by atoms with Crippen LogP contribution in [0.2, 0.25) is 0 Å². The van der Waals surface area contributed by atoms with Gasteiger partial charge in [0.05, 0.1) is 4.90 Å². The second-order valence-corrected chi connectivity index (χ2v) is 6.59. The van der Waals surface area contributed by atoms with Gasteiger partial charge in [-0.25, -0.2) is 18.1 Å². The molecule has 0 aliphatic heterocycles. The normalized spacial score (nSPS) is 11.7. The topological polar surface area (TPSA) is 76.9 Å². The zero-order chi connectivity index (χ0) is 14.6. The lowest BCUT2D eigenvalue weighted by atomic mass is 10.2. The quantitative estimate of drug-likeness (QED) is 0.787. The van der Waals surface area contributed by atoms with E-state index in [0.29, 0.717) is 17.6 Å². The Balaban J connectivity index is 1.96. The molecule has 0 atom stereocenters. The van der Waals surface area contributed by atoms with E-state index in [1.165, 1.54) is 0 Å². The predicted octanol–water partition coefficient (Wildman–Crippen LogP) is 1.23. The first-order valence-electron chi connectivity index (χ1n) is 6.00. The third kappa shape index (κ3) is 3.87. The number of aryl methyl sites for hydroxylation is 1. The maximum absolute atomic E-state index is 12.1. The molecule has 1 N–H and O–H groups in total. The molecule has 0 radical (unpaired) electrons. The fourth-order valence-electron chi connectivity index (χ4n) is 1.64. The summed E-state index contributed by atoms with van der Waals surface area (Å²) in [6.07, 6.45) is 2.04. The summed E-state index contributed by atoms with van der Waals surface area (Å²) in [5.74, 6) is 0.616. The number of benzene rings is 1. The van der Waals surface area contributed by atoms with Crippen LogP contribution in [0.3, 0.4) is 0 Å². The third-order valence-corrected chi connectivity index (χ3v) is 4.80. The number of hydrogen-bond acceptors (Lipinski definition) is 4. The largest absolute Gasteiger partial charge is 0.256 e. The lowest BCUT2D eigenvalue weighted by molar-refractivity contribution is 0.580. The van der Waals surface area contributed by atoms with Crippen molar-refractivity contribution in [2.45, 2.75) is 16.6 Å². The lowest BCUT2D eigenvalue weighted by Crippen LogP contribution is -2.26. The van der Waals surface area contributed by atoms with Crippen molar-refractivity contribution in [2.75, 3.05) is 6.54 Å². The molecule has 2 rings (SSSR count). The second kappa shape index (κ2) is 6.47. The van der Waals surface area contributed by atoms with Crippen molar-refractivity contribution < 1.29 is 8.42 Å². The van der Waals surface area contributed by atoms with Gasteiger partial charge < -0.3 is 0 Å². The molecule has 2 aromatic rings. The first-order chi connectivity index (χ1) is 9.51. The van der Waals surface area contributed by atoms with Gasteiger partial charge in [-0.15, -0.1) is 0 Å². The molecule has 108 valence electrons. The van der Waals surface area contributed by atoms with Crippen LogP contribution in [0.25, 0.3) is 0 Å². The molecule has 1 heterocycles. The summed E-state index contributed by atoms with van der Waals surface area (Å²) in [6, 6.07) is 6.75. The molecule has 6 nitrogen and oxygen atoms in total. The van der Waals surface area contributed by atoms with Crippen LogP contribution >= 0.6 is 15.9 Å². The summed E-state index contributed by atoms with van der Waals surface area (Å²) >= 11 is 3.32. The highest BCUT2D eigenvalue weighted by Gasteiger charge is 2.13. The summed E-state index contributed by atoms with van der Waals surface area (Å²) < 4.78 is 28.2. The van der Waals surface area contributed by atoms with E-state index in [1.807, 2.05) is 0 Å². The molecule has 0 amide bonds. The average Bonchev–Trinajstić information content (AvgIpc) is 2.84. The Morgan fingerprint density at radius 1 is 1.30 bits per heavy atom. The van der Waals surface area contributed by atoms with E-state index in [0.717, 1.165) is 5.56 Å². The van der Waals surface area contributed by atoms with Crippen LogP contribution in [0.1, 0.15) is 11.4 Å². The van der Waals surface area contributed by atoms with Crippen LogP contribution in [0, 0.1) is 0 Å². The van der Waals surface area contributed by atoms with Crippen LogP contribution in [0.4, 0.5) is 0 Å². The zero-order valence-electron chi connectivity index (χ0n) is 11.0. The number of nitrogens with zero attached hydrogens (tertiary/aromatic N) is 3. The van der Waals surface area contributed by atoms with Gasteiger partial charge in [-0.2, -0.15) is 5.10 Å². The summed E-state index contributed by atoms with van der Waals surface area (Å²) in [5.41, 5.74) is 1.03. The molecular formula is C12H15BrN4O2S. The van der Waals surface area contributed by atoms with E-state index >= 15 is 0 Å². The van der Waals surface area contributed by atoms with Crippen LogP contribution in [-0.2, 0) is 28.8 Å². The molecule has 0 saturated carbocycles. The Hall–Kier alpha value is -1.25.